The minimum absolute atomic E-state index is 0.641. The first kappa shape index (κ1) is 14.5. The summed E-state index contributed by atoms with van der Waals surface area (Å²) in [6, 6.07) is -1.42. The van der Waals surface area contributed by atoms with E-state index in [1.807, 2.05) is 0 Å². The Bertz CT molecular complexity index is 315. The highest BCUT2D eigenvalue weighted by Gasteiger charge is 2.47. The van der Waals surface area contributed by atoms with Gasteiger partial charge in [-0.3, -0.25) is 9.59 Å². The number of aliphatic carboxylic acids is 2. The van der Waals surface area contributed by atoms with Gasteiger partial charge in [0.2, 0.25) is 0 Å². The molecule has 2 atom stereocenters. The maximum atomic E-state index is 11.7. The number of carboxylic acid groups (broad SMARTS) is 2. The maximum absolute atomic E-state index is 11.7. The topological polar surface area (TPSA) is 144 Å². The number of rotatable bonds is 6. The zero-order chi connectivity index (χ0) is 13.1. The van der Waals surface area contributed by atoms with Crippen molar-refractivity contribution in [3.05, 3.63) is 0 Å². The minimum Gasteiger partial charge on any atom is -0.481 e. The van der Waals surface area contributed by atoms with Gasteiger partial charge in [0.05, 0.1) is 12.5 Å². The van der Waals surface area contributed by atoms with Crippen LogP contribution in [0.3, 0.4) is 0 Å². The van der Waals surface area contributed by atoms with Gasteiger partial charge in [-0.1, -0.05) is 13.8 Å². The van der Waals surface area contributed by atoms with Crippen molar-refractivity contribution in [2.24, 2.45) is 17.4 Å². The summed E-state index contributed by atoms with van der Waals surface area (Å²) in [7, 11) is 0. The first-order valence-electron chi connectivity index (χ1n) is 4.68. The lowest BCUT2D eigenvalue weighted by atomic mass is 9.80. The van der Waals surface area contributed by atoms with Gasteiger partial charge in [0.25, 0.3) is 0 Å². The van der Waals surface area contributed by atoms with Crippen molar-refractivity contribution in [2.75, 3.05) is 0 Å². The maximum Gasteiger partial charge on any atom is 0.331 e. The average Bonchev–Trinajstić information content (AvgIpc) is 2.13. The highest BCUT2D eigenvalue weighted by atomic mass is 16.4. The van der Waals surface area contributed by atoms with Crippen molar-refractivity contribution in [1.82, 2.24) is 0 Å². The highest BCUT2D eigenvalue weighted by molar-refractivity contribution is 6.10. The molecule has 0 fully saturated rings. The van der Waals surface area contributed by atoms with Gasteiger partial charge < -0.3 is 21.7 Å². The van der Waals surface area contributed by atoms with Crippen LogP contribution in [0, 0.1) is 5.92 Å². The van der Waals surface area contributed by atoms with Gasteiger partial charge in [-0.2, -0.15) is 0 Å². The third-order valence-corrected chi connectivity index (χ3v) is 2.40. The van der Waals surface area contributed by atoms with E-state index in [1.165, 1.54) is 13.8 Å². The zero-order valence-corrected chi connectivity index (χ0v) is 9.14. The highest BCUT2D eigenvalue weighted by Crippen LogP contribution is 2.18. The molecule has 92 valence electrons. The molecule has 0 saturated carbocycles. The molecule has 0 spiro atoms. The summed E-state index contributed by atoms with van der Waals surface area (Å²) in [6.07, 6.45) is -0.641. The molecular formula is C9H16N2O5. The molecule has 7 nitrogen and oxygen atoms in total. The van der Waals surface area contributed by atoms with Crippen LogP contribution in [0.4, 0.5) is 0 Å². The fourth-order valence-electron chi connectivity index (χ4n) is 1.22. The molecular weight excluding hydrogens is 216 g/mol. The second kappa shape index (κ2) is 5.04. The molecule has 16 heavy (non-hydrogen) atoms. The summed E-state index contributed by atoms with van der Waals surface area (Å²) in [6.45, 7) is 2.92. The molecule has 0 aliphatic heterocycles. The molecule has 0 amide bonds. The second-order valence-corrected chi connectivity index (χ2v) is 3.90. The number of ketones is 1. The van der Waals surface area contributed by atoms with Crippen molar-refractivity contribution in [2.45, 2.75) is 31.8 Å². The molecule has 0 radical (unpaired) electrons. The van der Waals surface area contributed by atoms with Gasteiger partial charge in [-0.15, -0.1) is 0 Å². The van der Waals surface area contributed by atoms with E-state index in [1.54, 1.807) is 0 Å². The Morgan fingerprint density at radius 1 is 1.25 bits per heavy atom. The van der Waals surface area contributed by atoms with Crippen LogP contribution in [-0.2, 0) is 14.4 Å². The summed E-state index contributed by atoms with van der Waals surface area (Å²) in [5.74, 6) is -4.44. The third kappa shape index (κ3) is 2.77. The standard InChI is InChI=1S/C9H16N2O5/c1-4(2)9(11,8(15)16)7(14)5(10)3-6(12)13/h4-5H,3,10-11H2,1-2H3,(H,12,13)(H,15,16). The van der Waals surface area contributed by atoms with Crippen LogP contribution < -0.4 is 11.5 Å². The molecule has 0 aliphatic carbocycles. The molecule has 0 bridgehead atoms. The van der Waals surface area contributed by atoms with Crippen LogP contribution in [0.1, 0.15) is 20.3 Å². The van der Waals surface area contributed by atoms with Gasteiger partial charge in [0.15, 0.2) is 11.3 Å². The number of hydrogen-bond acceptors (Lipinski definition) is 5. The monoisotopic (exact) mass is 232 g/mol. The third-order valence-electron chi connectivity index (χ3n) is 2.40. The lowest BCUT2D eigenvalue weighted by Crippen LogP contribution is -2.63. The molecule has 0 aromatic heterocycles. The summed E-state index contributed by atoms with van der Waals surface area (Å²) in [5.41, 5.74) is 8.64. The fourth-order valence-corrected chi connectivity index (χ4v) is 1.22. The lowest BCUT2D eigenvalue weighted by Gasteiger charge is -2.29. The molecule has 0 aliphatic rings. The van der Waals surface area contributed by atoms with Crippen molar-refractivity contribution < 1.29 is 24.6 Å². The van der Waals surface area contributed by atoms with Crippen molar-refractivity contribution in [1.29, 1.82) is 0 Å². The molecule has 0 saturated heterocycles. The fraction of sp³-hybridized carbons (Fsp3) is 0.667. The van der Waals surface area contributed by atoms with E-state index in [4.69, 9.17) is 21.7 Å². The Morgan fingerprint density at radius 3 is 1.94 bits per heavy atom. The van der Waals surface area contributed by atoms with E-state index >= 15 is 0 Å². The first-order chi connectivity index (χ1) is 7.13. The Morgan fingerprint density at radius 2 is 1.69 bits per heavy atom. The number of carbonyl (C=O) groups excluding carboxylic acids is 1. The molecule has 6 N–H and O–H groups in total. The average molecular weight is 232 g/mol. The molecule has 0 heterocycles. The summed E-state index contributed by atoms with van der Waals surface area (Å²) >= 11 is 0. The van der Waals surface area contributed by atoms with Crippen LogP contribution in [0.5, 0.6) is 0 Å². The van der Waals surface area contributed by atoms with Crippen LogP contribution in [-0.4, -0.2) is 39.5 Å². The second-order valence-electron chi connectivity index (χ2n) is 3.90. The predicted molar refractivity (Wildman–Crippen MR) is 54.6 cm³/mol. The summed E-state index contributed by atoms with van der Waals surface area (Å²) < 4.78 is 0. The first-order valence-corrected chi connectivity index (χ1v) is 4.68. The van der Waals surface area contributed by atoms with Gasteiger partial charge >= 0.3 is 11.9 Å². The number of Topliss-reactive ketones (excluding diaryl/α,β-unsaturated/α-hetero) is 1. The van der Waals surface area contributed by atoms with Gasteiger partial charge in [0, 0.05) is 0 Å². The smallest absolute Gasteiger partial charge is 0.331 e. The SMILES string of the molecule is CC(C)C(N)(C(=O)O)C(=O)C(N)CC(=O)O. The quantitative estimate of drug-likeness (QED) is 0.421. The normalized spacial score (nSPS) is 16.6. The van der Waals surface area contributed by atoms with Crippen LogP contribution in [0.2, 0.25) is 0 Å². The zero-order valence-electron chi connectivity index (χ0n) is 9.14. The van der Waals surface area contributed by atoms with Crippen molar-refractivity contribution in [3.63, 3.8) is 0 Å². The van der Waals surface area contributed by atoms with E-state index in [0.717, 1.165) is 0 Å². The Hall–Kier alpha value is -1.47. The molecule has 0 aromatic rings. The summed E-state index contributed by atoms with van der Waals surface area (Å²) in [4.78, 5) is 33.0. The largest absolute Gasteiger partial charge is 0.481 e. The van der Waals surface area contributed by atoms with Crippen molar-refractivity contribution >= 4 is 17.7 Å². The van der Waals surface area contributed by atoms with Gasteiger partial charge in [0.1, 0.15) is 0 Å². The number of carbonyl (C=O) groups is 3. The van der Waals surface area contributed by atoms with Crippen LogP contribution in [0.15, 0.2) is 0 Å². The Kier molecular flexibility index (Phi) is 4.58. The number of hydrogen-bond donors (Lipinski definition) is 4. The van der Waals surface area contributed by atoms with E-state index in [0.29, 0.717) is 0 Å². The molecule has 0 aromatic carbocycles. The van der Waals surface area contributed by atoms with Crippen molar-refractivity contribution in [3.8, 4) is 0 Å². The molecule has 2 unspecified atom stereocenters. The Balaban J connectivity index is 5.04. The van der Waals surface area contributed by atoms with E-state index in [2.05, 4.69) is 0 Å². The van der Waals surface area contributed by atoms with Crippen LogP contribution in [0.25, 0.3) is 0 Å². The summed E-state index contributed by atoms with van der Waals surface area (Å²) in [5, 5.41) is 17.4. The van der Waals surface area contributed by atoms with Gasteiger partial charge in [-0.05, 0) is 5.92 Å². The predicted octanol–water partition coefficient (Wildman–Crippen LogP) is -1.20. The Labute approximate surface area is 92.4 Å². The van der Waals surface area contributed by atoms with E-state index in [-0.39, 0.29) is 0 Å². The number of nitrogens with two attached hydrogens (primary N) is 2. The van der Waals surface area contributed by atoms with E-state index in [9.17, 15) is 14.4 Å². The molecule has 0 rings (SSSR count). The lowest BCUT2D eigenvalue weighted by molar-refractivity contribution is -0.152. The number of carboxylic acids is 2. The molecule has 7 heteroatoms. The van der Waals surface area contributed by atoms with Gasteiger partial charge in [-0.25, -0.2) is 4.79 Å². The van der Waals surface area contributed by atoms with Crippen LogP contribution >= 0.6 is 0 Å². The minimum atomic E-state index is -2.14. The van der Waals surface area contributed by atoms with E-state index < -0.39 is 41.6 Å².